The van der Waals surface area contributed by atoms with Gasteiger partial charge in [-0.15, -0.1) is 0 Å². The highest BCUT2D eigenvalue weighted by atomic mass is 16.2. The van der Waals surface area contributed by atoms with E-state index in [1.807, 2.05) is 54.7 Å². The van der Waals surface area contributed by atoms with E-state index in [-0.39, 0.29) is 17.4 Å². The largest absolute Gasteiger partial charge is 0.361 e. The maximum absolute atomic E-state index is 12.7. The number of carbonyl (C=O) groups excluding carboxylic acids is 1. The fourth-order valence-electron chi connectivity index (χ4n) is 4.49. The Morgan fingerprint density at radius 2 is 1.93 bits per heavy atom. The van der Waals surface area contributed by atoms with E-state index in [0.29, 0.717) is 17.8 Å². The van der Waals surface area contributed by atoms with Gasteiger partial charge in [-0.05, 0) is 67.3 Å². The van der Waals surface area contributed by atoms with Gasteiger partial charge >= 0.3 is 0 Å². The molecule has 1 amide bonds. The average Bonchev–Trinajstić information content (AvgIpc) is 3.24. The molecular formula is C24H24N4O2. The van der Waals surface area contributed by atoms with Crippen LogP contribution < -0.4 is 10.9 Å². The maximum atomic E-state index is 12.7. The van der Waals surface area contributed by atoms with Gasteiger partial charge < -0.3 is 10.3 Å². The number of hydrogen-bond acceptors (Lipinski definition) is 3. The Bertz CT molecular complexity index is 1260. The fourth-order valence-corrected chi connectivity index (χ4v) is 4.49. The number of nitrogens with zero attached hydrogens (tertiary/aromatic N) is 2. The first-order valence-corrected chi connectivity index (χ1v) is 10.5. The van der Waals surface area contributed by atoms with E-state index < -0.39 is 0 Å². The Balaban J connectivity index is 1.20. The summed E-state index contributed by atoms with van der Waals surface area (Å²) in [6, 6.07) is 15.4. The number of anilines is 1. The van der Waals surface area contributed by atoms with Crippen molar-refractivity contribution in [2.45, 2.75) is 32.2 Å². The zero-order valence-electron chi connectivity index (χ0n) is 16.7. The highest BCUT2D eigenvalue weighted by Crippen LogP contribution is 2.31. The highest BCUT2D eigenvalue weighted by Gasteiger charge is 2.27. The Morgan fingerprint density at radius 1 is 1.10 bits per heavy atom. The lowest BCUT2D eigenvalue weighted by Crippen LogP contribution is -2.30. The van der Waals surface area contributed by atoms with E-state index in [9.17, 15) is 9.59 Å². The number of para-hydroxylation sites is 1. The van der Waals surface area contributed by atoms with Gasteiger partial charge in [-0.2, -0.15) is 0 Å². The van der Waals surface area contributed by atoms with Crippen LogP contribution in [0.5, 0.6) is 0 Å². The molecule has 2 aromatic carbocycles. The van der Waals surface area contributed by atoms with Gasteiger partial charge in [0.05, 0.1) is 17.2 Å². The molecule has 0 bridgehead atoms. The molecule has 2 aromatic heterocycles. The van der Waals surface area contributed by atoms with E-state index in [1.54, 1.807) is 10.9 Å². The van der Waals surface area contributed by atoms with Gasteiger partial charge in [0.15, 0.2) is 0 Å². The number of rotatable bonds is 4. The minimum atomic E-state index is 0.0141. The lowest BCUT2D eigenvalue weighted by Gasteiger charge is -2.28. The molecule has 6 heteroatoms. The van der Waals surface area contributed by atoms with Crippen molar-refractivity contribution in [3.63, 3.8) is 0 Å². The Hall–Kier alpha value is -3.41. The minimum Gasteiger partial charge on any atom is -0.361 e. The van der Waals surface area contributed by atoms with Crippen LogP contribution >= 0.6 is 0 Å². The number of nitrogens with one attached hydrogen (secondary N) is 2. The molecule has 0 radical (unpaired) electrons. The van der Waals surface area contributed by atoms with E-state index >= 15 is 0 Å². The number of aromatic nitrogens is 3. The smallest absolute Gasteiger partial charge is 0.261 e. The summed E-state index contributed by atoms with van der Waals surface area (Å²) >= 11 is 0. The average molecular weight is 400 g/mol. The lowest BCUT2D eigenvalue weighted by atomic mass is 9.81. The second-order valence-corrected chi connectivity index (χ2v) is 8.21. The molecule has 0 unspecified atom stereocenters. The third-order valence-electron chi connectivity index (χ3n) is 6.23. The fraction of sp³-hybridized carbons (Fsp3) is 0.292. The van der Waals surface area contributed by atoms with E-state index in [0.717, 1.165) is 47.8 Å². The summed E-state index contributed by atoms with van der Waals surface area (Å²) in [6.45, 7) is 0.661. The zero-order valence-corrected chi connectivity index (χ0v) is 16.7. The summed E-state index contributed by atoms with van der Waals surface area (Å²) in [7, 11) is 0. The third kappa shape index (κ3) is 3.61. The first kappa shape index (κ1) is 18.6. The molecular weight excluding hydrogens is 376 g/mol. The first-order valence-electron chi connectivity index (χ1n) is 10.5. The SMILES string of the molecule is O=C(Nc1ccc2cc[nH]c2c1)C1CCC(Cn2cnc3ccccc3c2=O)CC1. The summed E-state index contributed by atoms with van der Waals surface area (Å²) in [5.41, 5.74) is 2.59. The first-order chi connectivity index (χ1) is 14.7. The summed E-state index contributed by atoms with van der Waals surface area (Å²) in [4.78, 5) is 33.0. The molecule has 2 heterocycles. The van der Waals surface area contributed by atoms with Gasteiger partial charge in [0.2, 0.25) is 5.91 Å². The van der Waals surface area contributed by atoms with Crippen LogP contribution in [0.25, 0.3) is 21.8 Å². The van der Waals surface area contributed by atoms with Crippen LogP contribution in [-0.4, -0.2) is 20.4 Å². The highest BCUT2D eigenvalue weighted by molar-refractivity contribution is 5.95. The predicted molar refractivity (Wildman–Crippen MR) is 118 cm³/mol. The summed E-state index contributed by atoms with van der Waals surface area (Å²) in [5.74, 6) is 0.501. The Kier molecular flexibility index (Phi) is 4.83. The molecule has 1 aliphatic carbocycles. The number of benzene rings is 2. The van der Waals surface area contributed by atoms with Crippen LogP contribution in [0, 0.1) is 11.8 Å². The van der Waals surface area contributed by atoms with Crippen molar-refractivity contribution in [1.29, 1.82) is 0 Å². The summed E-state index contributed by atoms with van der Waals surface area (Å²) in [5, 5.41) is 4.85. The number of aromatic amines is 1. The van der Waals surface area contributed by atoms with Crippen molar-refractivity contribution < 1.29 is 4.79 Å². The second kappa shape index (κ2) is 7.78. The molecule has 0 saturated heterocycles. The van der Waals surface area contributed by atoms with Crippen LogP contribution in [0.15, 0.2) is 65.8 Å². The van der Waals surface area contributed by atoms with Crippen molar-refractivity contribution >= 4 is 33.4 Å². The molecule has 30 heavy (non-hydrogen) atoms. The van der Waals surface area contributed by atoms with Crippen LogP contribution in [0.1, 0.15) is 25.7 Å². The number of carbonyl (C=O) groups is 1. The standard InChI is InChI=1S/C24H24N4O2/c29-23(27-19-10-9-17-11-12-25-22(17)13-19)18-7-5-16(6-8-18)14-28-15-26-21-4-2-1-3-20(21)24(28)30/h1-4,9-13,15-16,18,25H,5-8,14H2,(H,27,29). The maximum Gasteiger partial charge on any atom is 0.261 e. The second-order valence-electron chi connectivity index (χ2n) is 8.21. The van der Waals surface area contributed by atoms with Crippen molar-refractivity contribution in [3.8, 4) is 0 Å². The third-order valence-corrected chi connectivity index (χ3v) is 6.23. The Morgan fingerprint density at radius 3 is 2.80 bits per heavy atom. The van der Waals surface area contributed by atoms with Crippen LogP contribution in [0.3, 0.4) is 0 Å². The van der Waals surface area contributed by atoms with Crippen molar-refractivity contribution in [2.75, 3.05) is 5.32 Å². The molecule has 1 saturated carbocycles. The van der Waals surface area contributed by atoms with Crippen LogP contribution in [0.2, 0.25) is 0 Å². The number of amides is 1. The Labute approximate surface area is 173 Å². The van der Waals surface area contributed by atoms with Gasteiger partial charge in [0, 0.05) is 29.9 Å². The minimum absolute atomic E-state index is 0.0141. The van der Waals surface area contributed by atoms with E-state index in [1.165, 1.54) is 0 Å². The van der Waals surface area contributed by atoms with Crippen LogP contribution in [0.4, 0.5) is 5.69 Å². The molecule has 0 aliphatic heterocycles. The van der Waals surface area contributed by atoms with Gasteiger partial charge in [-0.25, -0.2) is 4.98 Å². The molecule has 1 aliphatic rings. The molecule has 0 spiro atoms. The van der Waals surface area contributed by atoms with Gasteiger partial charge in [0.1, 0.15) is 0 Å². The van der Waals surface area contributed by atoms with Crippen LogP contribution in [-0.2, 0) is 11.3 Å². The van der Waals surface area contributed by atoms with Gasteiger partial charge in [-0.1, -0.05) is 18.2 Å². The summed E-state index contributed by atoms with van der Waals surface area (Å²) in [6.07, 6.45) is 7.11. The number of fused-ring (bicyclic) bond motifs is 2. The van der Waals surface area contributed by atoms with E-state index in [2.05, 4.69) is 15.3 Å². The molecule has 1 fully saturated rings. The molecule has 6 nitrogen and oxygen atoms in total. The monoisotopic (exact) mass is 400 g/mol. The molecule has 2 N–H and O–H groups in total. The lowest BCUT2D eigenvalue weighted by molar-refractivity contribution is -0.121. The topological polar surface area (TPSA) is 79.8 Å². The number of hydrogen-bond donors (Lipinski definition) is 2. The normalized spacial score (nSPS) is 19.2. The van der Waals surface area contributed by atoms with E-state index in [4.69, 9.17) is 0 Å². The number of H-pyrrole nitrogens is 1. The zero-order chi connectivity index (χ0) is 20.5. The quantitative estimate of drug-likeness (QED) is 0.535. The van der Waals surface area contributed by atoms with Gasteiger partial charge in [-0.3, -0.25) is 14.2 Å². The molecule has 152 valence electrons. The van der Waals surface area contributed by atoms with Crippen molar-refractivity contribution in [3.05, 3.63) is 71.4 Å². The summed E-state index contributed by atoms with van der Waals surface area (Å²) < 4.78 is 1.72. The van der Waals surface area contributed by atoms with Crippen molar-refractivity contribution in [2.24, 2.45) is 11.8 Å². The molecule has 4 aromatic rings. The molecule has 0 atom stereocenters. The predicted octanol–water partition coefficient (Wildman–Crippen LogP) is 4.32. The molecule has 5 rings (SSSR count). The van der Waals surface area contributed by atoms with Gasteiger partial charge in [0.25, 0.3) is 5.56 Å². The van der Waals surface area contributed by atoms with Crippen molar-refractivity contribution in [1.82, 2.24) is 14.5 Å².